The molecule has 2 aromatic heterocycles. The molecule has 1 aromatic carbocycles. The van der Waals surface area contributed by atoms with Crippen LogP contribution in [0.4, 0.5) is 0 Å². The molecule has 0 spiro atoms. The minimum absolute atomic E-state index is 0.0671. The number of thiophene rings is 1. The number of carbonyl (C=O) groups excluding carboxylic acids is 2. The first-order valence-corrected chi connectivity index (χ1v) is 13.2. The Morgan fingerprint density at radius 3 is 2.94 bits per heavy atom. The molecule has 1 saturated heterocycles. The molecule has 36 heavy (non-hydrogen) atoms. The number of hydrogen-bond acceptors (Lipinski definition) is 7. The Labute approximate surface area is 218 Å². The quantitative estimate of drug-likeness (QED) is 0.543. The lowest BCUT2D eigenvalue weighted by Gasteiger charge is -2.20. The van der Waals surface area contributed by atoms with Crippen LogP contribution in [0.15, 0.2) is 35.8 Å². The second kappa shape index (κ2) is 10.6. The fourth-order valence-corrected chi connectivity index (χ4v) is 5.39. The van der Waals surface area contributed by atoms with E-state index >= 15 is 0 Å². The van der Waals surface area contributed by atoms with Crippen molar-refractivity contribution >= 4 is 34.8 Å². The molecule has 11 heteroatoms. The van der Waals surface area contributed by atoms with Crippen molar-refractivity contribution in [1.82, 2.24) is 25.2 Å². The van der Waals surface area contributed by atoms with Crippen molar-refractivity contribution in [3.8, 4) is 5.75 Å². The summed E-state index contributed by atoms with van der Waals surface area (Å²) in [4.78, 5) is 29.3. The van der Waals surface area contributed by atoms with Gasteiger partial charge in [-0.3, -0.25) is 14.3 Å². The maximum Gasteiger partial charge on any atom is 0.254 e. The zero-order valence-corrected chi connectivity index (χ0v) is 21.7. The number of amides is 2. The van der Waals surface area contributed by atoms with E-state index in [9.17, 15) is 9.59 Å². The molecule has 1 N–H and O–H groups in total. The molecular formula is C25H28ClN5O4S. The summed E-state index contributed by atoms with van der Waals surface area (Å²) in [6, 6.07) is 6.51. The van der Waals surface area contributed by atoms with Gasteiger partial charge in [0.1, 0.15) is 11.4 Å². The number of carbonyl (C=O) groups is 2. The van der Waals surface area contributed by atoms with Crippen LogP contribution in [0.3, 0.4) is 0 Å². The van der Waals surface area contributed by atoms with Gasteiger partial charge in [-0.2, -0.15) is 0 Å². The molecule has 0 aliphatic carbocycles. The number of aryl methyl sites for hydroxylation is 1. The molecular weight excluding hydrogens is 502 g/mol. The topological polar surface area (TPSA) is 98.6 Å². The minimum atomic E-state index is -0.401. The van der Waals surface area contributed by atoms with Gasteiger partial charge in [0.2, 0.25) is 0 Å². The monoisotopic (exact) mass is 529 g/mol. The normalized spacial score (nSPS) is 20.7. The number of rotatable bonds is 2. The molecule has 4 heterocycles. The molecule has 0 unspecified atom stereocenters. The molecule has 2 atom stereocenters. The Bertz CT molecular complexity index is 1260. The zero-order chi connectivity index (χ0) is 25.2. The number of likely N-dealkylation sites (tertiary alicyclic amines) is 1. The van der Waals surface area contributed by atoms with Crippen LogP contribution in [-0.2, 0) is 17.9 Å². The molecule has 0 radical (unpaired) electrons. The highest BCUT2D eigenvalue weighted by atomic mass is 35.5. The third kappa shape index (κ3) is 5.40. The second-order valence-corrected chi connectivity index (χ2v) is 10.7. The van der Waals surface area contributed by atoms with Crippen LogP contribution < -0.4 is 10.1 Å². The number of hydrogen-bond donors (Lipinski definition) is 1. The Kier molecular flexibility index (Phi) is 7.27. The van der Waals surface area contributed by atoms with E-state index in [4.69, 9.17) is 21.1 Å². The summed E-state index contributed by atoms with van der Waals surface area (Å²) in [7, 11) is 0. The van der Waals surface area contributed by atoms with Crippen molar-refractivity contribution in [2.75, 3.05) is 19.7 Å². The number of halogens is 1. The van der Waals surface area contributed by atoms with Gasteiger partial charge < -0.3 is 19.7 Å². The number of nitrogens with one attached hydrogen (secondary N) is 1. The van der Waals surface area contributed by atoms with Crippen LogP contribution in [0, 0.1) is 0 Å². The van der Waals surface area contributed by atoms with Gasteiger partial charge in [0, 0.05) is 41.9 Å². The van der Waals surface area contributed by atoms with Gasteiger partial charge in [-0.25, -0.2) is 0 Å². The fourth-order valence-electron chi connectivity index (χ4n) is 4.32. The lowest BCUT2D eigenvalue weighted by molar-refractivity contribution is 0.0291. The van der Waals surface area contributed by atoms with Crippen molar-refractivity contribution < 1.29 is 19.1 Å². The zero-order valence-electron chi connectivity index (χ0n) is 20.1. The molecule has 1 fully saturated rings. The van der Waals surface area contributed by atoms with Crippen molar-refractivity contribution in [2.45, 2.75) is 51.5 Å². The van der Waals surface area contributed by atoms with Crippen molar-refractivity contribution in [3.05, 3.63) is 62.6 Å². The first kappa shape index (κ1) is 24.7. The Balaban J connectivity index is 1.39. The number of fused-ring (bicyclic) bond motifs is 5. The molecule has 4 bridgehead atoms. The van der Waals surface area contributed by atoms with E-state index in [-0.39, 0.29) is 18.4 Å². The van der Waals surface area contributed by atoms with Crippen LogP contribution >= 0.6 is 22.9 Å². The van der Waals surface area contributed by atoms with Crippen LogP contribution in [0.25, 0.3) is 0 Å². The van der Waals surface area contributed by atoms with Gasteiger partial charge in [-0.05, 0) is 30.2 Å². The van der Waals surface area contributed by atoms with E-state index in [1.165, 1.54) is 0 Å². The van der Waals surface area contributed by atoms with E-state index in [1.807, 2.05) is 17.6 Å². The highest BCUT2D eigenvalue weighted by Gasteiger charge is 2.38. The molecule has 5 rings (SSSR count). The average molecular weight is 530 g/mol. The summed E-state index contributed by atoms with van der Waals surface area (Å²) < 4.78 is 13.8. The molecule has 2 amide bonds. The minimum Gasteiger partial charge on any atom is -0.492 e. The Hall–Kier alpha value is -2.95. The van der Waals surface area contributed by atoms with Crippen molar-refractivity contribution in [1.29, 1.82) is 0 Å². The molecule has 9 nitrogen and oxygen atoms in total. The molecule has 2 aliphatic heterocycles. The SMILES string of the molecule is CC(C)c1cc(C(=O)N2C[C@@H]3NC(=O)c4ccc(Cl)c(c4)OCCCn4cc(nn4)CO[C@H]3C2)cs1. The van der Waals surface area contributed by atoms with Crippen LogP contribution in [0.2, 0.25) is 5.02 Å². The molecule has 190 valence electrons. The predicted molar refractivity (Wildman–Crippen MR) is 136 cm³/mol. The summed E-state index contributed by atoms with van der Waals surface area (Å²) in [5, 5.41) is 13.7. The second-order valence-electron chi connectivity index (χ2n) is 9.35. The lowest BCUT2D eigenvalue weighted by Crippen LogP contribution is -2.44. The van der Waals surface area contributed by atoms with Gasteiger partial charge in [0.25, 0.3) is 11.8 Å². The number of ether oxygens (including phenoxy) is 2. The first-order chi connectivity index (χ1) is 17.4. The lowest BCUT2D eigenvalue weighted by atomic mass is 10.1. The van der Waals surface area contributed by atoms with Crippen LogP contribution in [0.5, 0.6) is 5.75 Å². The van der Waals surface area contributed by atoms with E-state index in [0.29, 0.717) is 66.2 Å². The van der Waals surface area contributed by atoms with Crippen LogP contribution in [0.1, 0.15) is 57.5 Å². The van der Waals surface area contributed by atoms with Gasteiger partial charge in [-0.1, -0.05) is 30.7 Å². The summed E-state index contributed by atoms with van der Waals surface area (Å²) >= 11 is 7.88. The van der Waals surface area contributed by atoms with E-state index < -0.39 is 12.1 Å². The smallest absolute Gasteiger partial charge is 0.254 e. The maximum atomic E-state index is 13.3. The number of benzene rings is 1. The summed E-state index contributed by atoms with van der Waals surface area (Å²) in [6.07, 6.45) is 2.13. The third-order valence-electron chi connectivity index (χ3n) is 6.32. The average Bonchev–Trinajstić information content (AvgIpc) is 3.60. The standard InChI is InChI=1S/C25H28ClN5O4S/c1-15(2)23-9-17(14-36-23)25(33)30-11-20-22(12-30)35-13-18-10-31(29-28-18)6-3-7-34-21-8-16(24(32)27-20)4-5-19(21)26/h4-5,8-10,14-15,20,22H,3,6-7,11-13H2,1-2H3,(H,27,32)/t20-,22-/m0/s1. The van der Waals surface area contributed by atoms with Gasteiger partial charge >= 0.3 is 0 Å². The van der Waals surface area contributed by atoms with Crippen molar-refractivity contribution in [3.63, 3.8) is 0 Å². The van der Waals surface area contributed by atoms with E-state index in [1.54, 1.807) is 39.1 Å². The Morgan fingerprint density at radius 2 is 2.14 bits per heavy atom. The highest BCUT2D eigenvalue weighted by Crippen LogP contribution is 2.28. The summed E-state index contributed by atoms with van der Waals surface area (Å²) in [5.41, 5.74) is 1.78. The summed E-state index contributed by atoms with van der Waals surface area (Å²) in [5.74, 6) is 0.462. The van der Waals surface area contributed by atoms with Crippen LogP contribution in [-0.4, -0.2) is 63.6 Å². The van der Waals surface area contributed by atoms with E-state index in [0.717, 1.165) is 4.88 Å². The third-order valence-corrected chi connectivity index (χ3v) is 7.86. The first-order valence-electron chi connectivity index (χ1n) is 12.0. The molecule has 3 aromatic rings. The van der Waals surface area contributed by atoms with Gasteiger partial charge in [0.05, 0.1) is 42.1 Å². The molecule has 2 aliphatic rings. The summed E-state index contributed by atoms with van der Waals surface area (Å²) in [6.45, 7) is 6.19. The Morgan fingerprint density at radius 1 is 1.28 bits per heavy atom. The maximum absolute atomic E-state index is 13.3. The largest absolute Gasteiger partial charge is 0.492 e. The number of nitrogens with zero attached hydrogens (tertiary/aromatic N) is 4. The highest BCUT2D eigenvalue weighted by molar-refractivity contribution is 7.10. The fraction of sp³-hybridized carbons (Fsp3) is 0.440. The predicted octanol–water partition coefficient (Wildman–Crippen LogP) is 3.74. The number of aromatic nitrogens is 3. The van der Waals surface area contributed by atoms with Gasteiger partial charge in [0.15, 0.2) is 0 Å². The molecule has 0 saturated carbocycles. The van der Waals surface area contributed by atoms with E-state index in [2.05, 4.69) is 29.5 Å². The van der Waals surface area contributed by atoms with Gasteiger partial charge in [-0.15, -0.1) is 16.4 Å². The van der Waals surface area contributed by atoms with Crippen molar-refractivity contribution in [2.24, 2.45) is 0 Å².